The monoisotopic (exact) mass is 277 g/mol. The van der Waals surface area contributed by atoms with Crippen LogP contribution in [0.3, 0.4) is 0 Å². The molecule has 0 N–H and O–H groups in total. The van der Waals surface area contributed by atoms with Gasteiger partial charge in [-0.05, 0) is 19.1 Å². The van der Waals surface area contributed by atoms with Crippen molar-refractivity contribution in [3.8, 4) is 11.6 Å². The Kier molecular flexibility index (Phi) is 2.85. The summed E-state index contributed by atoms with van der Waals surface area (Å²) in [6.45, 7) is 1.94. The molecular formula is C12H8ClN3OS. The third kappa shape index (κ3) is 2.02. The van der Waals surface area contributed by atoms with Crippen LogP contribution in [0.15, 0.2) is 30.3 Å². The molecule has 2 aromatic heterocycles. The number of aryl methyl sites for hydroxylation is 1. The fourth-order valence-corrected chi connectivity index (χ4v) is 2.25. The predicted octanol–water partition coefficient (Wildman–Crippen LogP) is 3.84. The van der Waals surface area contributed by atoms with Gasteiger partial charge in [0.05, 0.1) is 11.7 Å². The highest BCUT2D eigenvalue weighted by atomic mass is 35.5. The largest absolute Gasteiger partial charge is 0.433 e. The minimum absolute atomic E-state index is 0.268. The lowest BCUT2D eigenvalue weighted by Gasteiger charge is -2.06. The molecule has 1 aromatic carbocycles. The third-order valence-electron chi connectivity index (χ3n) is 2.45. The molecule has 6 heteroatoms. The second-order valence-electron chi connectivity index (χ2n) is 3.74. The second kappa shape index (κ2) is 4.51. The van der Waals surface area contributed by atoms with Crippen molar-refractivity contribution in [3.05, 3.63) is 41.2 Å². The molecule has 0 radical (unpaired) electrons. The Morgan fingerprint density at radius 3 is 2.83 bits per heavy atom. The third-order valence-corrected chi connectivity index (χ3v) is 3.31. The van der Waals surface area contributed by atoms with Crippen molar-refractivity contribution in [2.24, 2.45) is 0 Å². The van der Waals surface area contributed by atoms with Gasteiger partial charge in [-0.15, -0.1) is 4.37 Å². The second-order valence-corrected chi connectivity index (χ2v) is 4.63. The molecule has 0 amide bonds. The highest BCUT2D eigenvalue weighted by Crippen LogP contribution is 2.31. The van der Waals surface area contributed by atoms with Crippen LogP contribution >= 0.6 is 23.3 Å². The summed E-state index contributed by atoms with van der Waals surface area (Å²) in [5, 5.41) is 1.28. The number of hydrogen-bond donors (Lipinski definition) is 0. The first kappa shape index (κ1) is 11.4. The van der Waals surface area contributed by atoms with Crippen LogP contribution in [0.25, 0.3) is 10.9 Å². The summed E-state index contributed by atoms with van der Waals surface area (Å²) < 4.78 is 13.5. The number of aromatic nitrogens is 3. The molecule has 0 spiro atoms. The van der Waals surface area contributed by atoms with E-state index >= 15 is 0 Å². The van der Waals surface area contributed by atoms with Gasteiger partial charge in [0.25, 0.3) is 5.88 Å². The molecule has 0 saturated heterocycles. The van der Waals surface area contributed by atoms with Gasteiger partial charge in [-0.1, -0.05) is 29.8 Å². The molecule has 4 nitrogen and oxygen atoms in total. The van der Waals surface area contributed by atoms with Crippen molar-refractivity contribution in [1.29, 1.82) is 0 Å². The average molecular weight is 278 g/mol. The molecule has 0 atom stereocenters. The highest BCUT2D eigenvalue weighted by Gasteiger charge is 2.10. The lowest BCUT2D eigenvalue weighted by atomic mass is 10.2. The van der Waals surface area contributed by atoms with Crippen LogP contribution in [0, 0.1) is 6.92 Å². The van der Waals surface area contributed by atoms with E-state index < -0.39 is 0 Å². The molecule has 18 heavy (non-hydrogen) atoms. The SMILES string of the molecule is Cc1ccc2cccc(Oc3nsnc3Cl)c2n1. The van der Waals surface area contributed by atoms with Crippen LogP contribution in [-0.4, -0.2) is 13.7 Å². The summed E-state index contributed by atoms with van der Waals surface area (Å²) in [5.41, 5.74) is 1.72. The molecule has 0 aliphatic rings. The van der Waals surface area contributed by atoms with Crippen LogP contribution in [0.5, 0.6) is 11.6 Å². The summed E-state index contributed by atoms with van der Waals surface area (Å²) in [7, 11) is 0. The van der Waals surface area contributed by atoms with Crippen LogP contribution < -0.4 is 4.74 Å². The fourth-order valence-electron chi connectivity index (χ4n) is 1.63. The van der Waals surface area contributed by atoms with Gasteiger partial charge in [0.15, 0.2) is 5.75 Å². The topological polar surface area (TPSA) is 47.9 Å². The zero-order valence-electron chi connectivity index (χ0n) is 9.42. The van der Waals surface area contributed by atoms with Gasteiger partial charge >= 0.3 is 0 Å². The van der Waals surface area contributed by atoms with Gasteiger partial charge in [0.1, 0.15) is 5.52 Å². The molecule has 0 bridgehead atoms. The number of ether oxygens (including phenoxy) is 1. The number of fused-ring (bicyclic) bond motifs is 1. The zero-order chi connectivity index (χ0) is 12.5. The van der Waals surface area contributed by atoms with Crippen molar-refractivity contribution < 1.29 is 4.74 Å². The maximum atomic E-state index is 5.86. The Bertz CT molecular complexity index is 713. The Labute approximate surface area is 113 Å². The molecular weight excluding hydrogens is 270 g/mol. The first-order valence-corrected chi connectivity index (χ1v) is 6.37. The van der Waals surface area contributed by atoms with Crippen LogP contribution in [0.4, 0.5) is 0 Å². The summed E-state index contributed by atoms with van der Waals surface area (Å²) in [4.78, 5) is 4.47. The minimum atomic E-state index is 0.268. The van der Waals surface area contributed by atoms with Crippen molar-refractivity contribution >= 4 is 34.2 Å². The molecule has 3 aromatic rings. The number of hydrogen-bond acceptors (Lipinski definition) is 5. The maximum Gasteiger partial charge on any atom is 0.270 e. The van der Waals surface area contributed by atoms with E-state index in [1.165, 1.54) is 0 Å². The van der Waals surface area contributed by atoms with Crippen molar-refractivity contribution in [2.75, 3.05) is 0 Å². The number of para-hydroxylation sites is 1. The molecule has 0 unspecified atom stereocenters. The van der Waals surface area contributed by atoms with Crippen molar-refractivity contribution in [1.82, 2.24) is 13.7 Å². The van der Waals surface area contributed by atoms with Crippen LogP contribution in [-0.2, 0) is 0 Å². The molecule has 0 aliphatic heterocycles. The molecule has 0 aliphatic carbocycles. The smallest absolute Gasteiger partial charge is 0.270 e. The number of rotatable bonds is 2. The molecule has 90 valence electrons. The maximum absolute atomic E-state index is 5.86. The first-order chi connectivity index (χ1) is 8.74. The first-order valence-electron chi connectivity index (χ1n) is 5.26. The van der Waals surface area contributed by atoms with Crippen molar-refractivity contribution in [2.45, 2.75) is 6.92 Å². The standard InChI is InChI=1S/C12H8ClN3OS/c1-7-5-6-8-3-2-4-9(10(8)14-7)17-12-11(13)15-18-16-12/h2-6H,1H3. The van der Waals surface area contributed by atoms with Gasteiger partial charge in [0.2, 0.25) is 5.15 Å². The van der Waals surface area contributed by atoms with E-state index in [2.05, 4.69) is 13.7 Å². The Hall–Kier alpha value is -1.72. The van der Waals surface area contributed by atoms with Crippen LogP contribution in [0.2, 0.25) is 5.15 Å². The van der Waals surface area contributed by atoms with E-state index in [-0.39, 0.29) is 5.15 Å². The van der Waals surface area contributed by atoms with E-state index in [1.807, 2.05) is 37.3 Å². The molecule has 2 heterocycles. The lowest BCUT2D eigenvalue weighted by molar-refractivity contribution is 0.472. The minimum Gasteiger partial charge on any atom is -0.433 e. The van der Waals surface area contributed by atoms with Gasteiger partial charge in [-0.2, -0.15) is 4.37 Å². The fraction of sp³-hybridized carbons (Fsp3) is 0.0833. The quantitative estimate of drug-likeness (QED) is 0.714. The summed E-state index contributed by atoms with van der Waals surface area (Å²) in [5.74, 6) is 0.947. The van der Waals surface area contributed by atoms with Gasteiger partial charge in [0, 0.05) is 11.1 Å². The predicted molar refractivity (Wildman–Crippen MR) is 71.5 cm³/mol. The molecule has 0 fully saturated rings. The lowest BCUT2D eigenvalue weighted by Crippen LogP contribution is -1.90. The van der Waals surface area contributed by atoms with Crippen molar-refractivity contribution in [3.63, 3.8) is 0 Å². The number of benzene rings is 1. The highest BCUT2D eigenvalue weighted by molar-refractivity contribution is 6.99. The van der Waals surface area contributed by atoms with Gasteiger partial charge in [-0.3, -0.25) is 0 Å². The van der Waals surface area contributed by atoms with E-state index in [9.17, 15) is 0 Å². The number of halogens is 1. The summed E-state index contributed by atoms with van der Waals surface area (Å²) >= 11 is 6.88. The summed E-state index contributed by atoms with van der Waals surface area (Å²) in [6.07, 6.45) is 0. The van der Waals surface area contributed by atoms with Gasteiger partial charge in [-0.25, -0.2) is 4.98 Å². The van der Waals surface area contributed by atoms with E-state index in [0.29, 0.717) is 11.6 Å². The van der Waals surface area contributed by atoms with Gasteiger partial charge < -0.3 is 4.74 Å². The Morgan fingerprint density at radius 2 is 2.06 bits per heavy atom. The normalized spacial score (nSPS) is 10.8. The number of pyridine rings is 1. The van der Waals surface area contributed by atoms with E-state index in [4.69, 9.17) is 16.3 Å². The zero-order valence-corrected chi connectivity index (χ0v) is 11.0. The average Bonchev–Trinajstić information content (AvgIpc) is 2.76. The Morgan fingerprint density at radius 1 is 1.17 bits per heavy atom. The Balaban J connectivity index is 2.11. The number of nitrogens with zero attached hydrogens (tertiary/aromatic N) is 3. The summed E-state index contributed by atoms with van der Waals surface area (Å²) in [6, 6.07) is 9.69. The molecule has 3 rings (SSSR count). The van der Waals surface area contributed by atoms with E-state index in [0.717, 1.165) is 28.3 Å². The van der Waals surface area contributed by atoms with E-state index in [1.54, 1.807) is 0 Å². The van der Waals surface area contributed by atoms with Crippen LogP contribution in [0.1, 0.15) is 5.69 Å². The molecule has 0 saturated carbocycles.